The monoisotopic (exact) mass is 293 g/mol. The van der Waals surface area contributed by atoms with Crippen LogP contribution in [0.3, 0.4) is 0 Å². The van der Waals surface area contributed by atoms with Crippen LogP contribution in [0.1, 0.15) is 12.5 Å². The fourth-order valence-electron chi connectivity index (χ4n) is 2.36. The lowest BCUT2D eigenvalue weighted by molar-refractivity contribution is -0.274. The maximum atomic E-state index is 10.4. The van der Waals surface area contributed by atoms with Gasteiger partial charge in [0.1, 0.15) is 6.10 Å². The van der Waals surface area contributed by atoms with Crippen LogP contribution in [0.25, 0.3) is 10.4 Å². The highest BCUT2D eigenvalue weighted by Gasteiger charge is 2.44. The Labute approximate surface area is 123 Å². The smallest absolute Gasteiger partial charge is 0.186 e. The van der Waals surface area contributed by atoms with Crippen molar-refractivity contribution in [2.45, 2.75) is 44.2 Å². The van der Waals surface area contributed by atoms with Gasteiger partial charge in [0.2, 0.25) is 0 Å². The number of aliphatic hydroxyl groups is 1. The summed E-state index contributed by atoms with van der Waals surface area (Å²) in [5.74, 6) is 0. The molecule has 5 atom stereocenters. The molecule has 0 bridgehead atoms. The summed E-state index contributed by atoms with van der Waals surface area (Å²) in [6, 6.07) is 8.87. The van der Waals surface area contributed by atoms with Gasteiger partial charge in [-0.05, 0) is 18.0 Å². The molecule has 1 aliphatic rings. The highest BCUT2D eigenvalue weighted by molar-refractivity contribution is 5.13. The minimum atomic E-state index is -0.988. The SMILES string of the molecule is CO[C@H]1OC(C)[C@@H](N=[N+]=[N-])[C@H](O)C1OCc1ccccc1. The van der Waals surface area contributed by atoms with Gasteiger partial charge in [0.25, 0.3) is 0 Å². The molecule has 1 heterocycles. The zero-order valence-corrected chi connectivity index (χ0v) is 12.0. The van der Waals surface area contributed by atoms with Crippen molar-refractivity contribution in [3.8, 4) is 0 Å². The summed E-state index contributed by atoms with van der Waals surface area (Å²) < 4.78 is 16.5. The summed E-state index contributed by atoms with van der Waals surface area (Å²) in [6.07, 6.45) is -2.86. The Morgan fingerprint density at radius 1 is 1.38 bits per heavy atom. The van der Waals surface area contributed by atoms with Gasteiger partial charge >= 0.3 is 0 Å². The molecule has 2 unspecified atom stereocenters. The van der Waals surface area contributed by atoms with Crippen molar-refractivity contribution in [3.05, 3.63) is 46.3 Å². The lowest BCUT2D eigenvalue weighted by atomic mass is 9.97. The summed E-state index contributed by atoms with van der Waals surface area (Å²) in [4.78, 5) is 2.75. The van der Waals surface area contributed by atoms with E-state index in [1.54, 1.807) is 6.92 Å². The fourth-order valence-corrected chi connectivity index (χ4v) is 2.36. The number of rotatable bonds is 5. The summed E-state index contributed by atoms with van der Waals surface area (Å²) in [5.41, 5.74) is 9.56. The van der Waals surface area contributed by atoms with Gasteiger partial charge in [0.05, 0.1) is 24.9 Å². The molecule has 0 saturated carbocycles. The van der Waals surface area contributed by atoms with E-state index in [4.69, 9.17) is 19.7 Å². The zero-order valence-electron chi connectivity index (χ0n) is 12.0. The molecule has 0 amide bonds. The van der Waals surface area contributed by atoms with Crippen LogP contribution < -0.4 is 0 Å². The highest BCUT2D eigenvalue weighted by atomic mass is 16.7. The van der Waals surface area contributed by atoms with E-state index in [1.807, 2.05) is 30.3 Å². The van der Waals surface area contributed by atoms with Crippen molar-refractivity contribution in [1.29, 1.82) is 0 Å². The number of benzene rings is 1. The van der Waals surface area contributed by atoms with Gasteiger partial charge < -0.3 is 19.3 Å². The van der Waals surface area contributed by atoms with Crippen molar-refractivity contribution in [1.82, 2.24) is 0 Å². The van der Waals surface area contributed by atoms with Crippen LogP contribution >= 0.6 is 0 Å². The topological polar surface area (TPSA) is 96.7 Å². The highest BCUT2D eigenvalue weighted by Crippen LogP contribution is 2.26. The minimum Gasteiger partial charge on any atom is -0.390 e. The third-order valence-electron chi connectivity index (χ3n) is 3.49. The van der Waals surface area contributed by atoms with Crippen molar-refractivity contribution in [2.75, 3.05) is 7.11 Å². The minimum absolute atomic E-state index is 0.309. The van der Waals surface area contributed by atoms with Gasteiger partial charge in [-0.25, -0.2) is 0 Å². The standard InChI is InChI=1S/C14H19N3O4/c1-9-11(16-17-15)12(18)13(14(19-2)21-9)20-8-10-6-4-3-5-7-10/h3-7,9,11-14,18H,8H2,1-2H3/t9?,11-,12+,13?,14+/m1/s1. The summed E-state index contributed by atoms with van der Waals surface area (Å²) in [7, 11) is 1.48. The van der Waals surface area contributed by atoms with E-state index in [2.05, 4.69) is 10.0 Å². The molecule has 2 rings (SSSR count). The van der Waals surface area contributed by atoms with Crippen molar-refractivity contribution in [2.24, 2.45) is 5.11 Å². The average molecular weight is 293 g/mol. The van der Waals surface area contributed by atoms with E-state index in [0.29, 0.717) is 6.61 Å². The molecule has 21 heavy (non-hydrogen) atoms. The Hall–Kier alpha value is -1.63. The molecule has 1 N–H and O–H groups in total. The Morgan fingerprint density at radius 3 is 2.71 bits per heavy atom. The van der Waals surface area contributed by atoms with Gasteiger partial charge in [0.15, 0.2) is 6.29 Å². The first-order valence-corrected chi connectivity index (χ1v) is 6.73. The molecule has 1 aliphatic heterocycles. The van der Waals surface area contributed by atoms with Gasteiger partial charge in [-0.2, -0.15) is 0 Å². The molecule has 114 valence electrons. The van der Waals surface area contributed by atoms with Crippen molar-refractivity contribution < 1.29 is 19.3 Å². The van der Waals surface area contributed by atoms with E-state index >= 15 is 0 Å². The number of hydrogen-bond acceptors (Lipinski definition) is 5. The van der Waals surface area contributed by atoms with Gasteiger partial charge in [0, 0.05) is 12.0 Å². The second-order valence-corrected chi connectivity index (χ2v) is 4.89. The quantitative estimate of drug-likeness (QED) is 0.510. The maximum Gasteiger partial charge on any atom is 0.186 e. The largest absolute Gasteiger partial charge is 0.390 e. The molecular weight excluding hydrogens is 274 g/mol. The van der Waals surface area contributed by atoms with E-state index in [9.17, 15) is 5.11 Å². The maximum absolute atomic E-state index is 10.4. The fraction of sp³-hybridized carbons (Fsp3) is 0.571. The predicted octanol–water partition coefficient (Wildman–Crippen LogP) is 2.00. The second kappa shape index (κ2) is 7.40. The molecule has 7 nitrogen and oxygen atoms in total. The third-order valence-corrected chi connectivity index (χ3v) is 3.49. The molecule has 1 fully saturated rings. The Kier molecular flexibility index (Phi) is 5.55. The van der Waals surface area contributed by atoms with Crippen LogP contribution in [0.4, 0.5) is 0 Å². The molecule has 1 aromatic rings. The lowest BCUT2D eigenvalue weighted by Crippen LogP contribution is -2.57. The van der Waals surface area contributed by atoms with Crippen molar-refractivity contribution in [3.63, 3.8) is 0 Å². The zero-order chi connectivity index (χ0) is 15.2. The summed E-state index contributed by atoms with van der Waals surface area (Å²) in [5, 5.41) is 13.9. The van der Waals surface area contributed by atoms with E-state index in [-0.39, 0.29) is 0 Å². The van der Waals surface area contributed by atoms with E-state index in [0.717, 1.165) is 5.56 Å². The molecular formula is C14H19N3O4. The second-order valence-electron chi connectivity index (χ2n) is 4.89. The van der Waals surface area contributed by atoms with E-state index in [1.165, 1.54) is 7.11 Å². The Bertz CT molecular complexity index is 492. The molecule has 0 radical (unpaired) electrons. The summed E-state index contributed by atoms with van der Waals surface area (Å²) >= 11 is 0. The number of ether oxygens (including phenoxy) is 3. The molecule has 0 aliphatic carbocycles. The van der Waals surface area contributed by atoms with Gasteiger partial charge in [-0.3, -0.25) is 0 Å². The number of hydrogen-bond donors (Lipinski definition) is 1. The van der Waals surface area contributed by atoms with Crippen LogP contribution in [-0.4, -0.2) is 42.9 Å². The number of aliphatic hydroxyl groups excluding tert-OH is 1. The van der Waals surface area contributed by atoms with Crippen LogP contribution in [0, 0.1) is 0 Å². The van der Waals surface area contributed by atoms with Crippen LogP contribution in [-0.2, 0) is 20.8 Å². The Balaban J connectivity index is 2.08. The first-order valence-electron chi connectivity index (χ1n) is 6.73. The van der Waals surface area contributed by atoms with Crippen LogP contribution in [0.2, 0.25) is 0 Å². The molecule has 1 saturated heterocycles. The lowest BCUT2D eigenvalue weighted by Gasteiger charge is -2.41. The Morgan fingerprint density at radius 2 is 2.10 bits per heavy atom. The molecule has 7 heteroatoms. The number of methoxy groups -OCH3 is 1. The average Bonchev–Trinajstić information content (AvgIpc) is 2.51. The molecule has 0 spiro atoms. The third kappa shape index (κ3) is 3.72. The molecule has 1 aromatic carbocycles. The summed E-state index contributed by atoms with van der Waals surface area (Å²) in [6.45, 7) is 2.03. The van der Waals surface area contributed by atoms with Gasteiger partial charge in [-0.15, -0.1) is 0 Å². The first-order chi connectivity index (χ1) is 10.2. The van der Waals surface area contributed by atoms with Crippen LogP contribution in [0.5, 0.6) is 0 Å². The number of azide groups is 1. The van der Waals surface area contributed by atoms with Crippen molar-refractivity contribution >= 4 is 0 Å². The van der Waals surface area contributed by atoms with Gasteiger partial charge in [-0.1, -0.05) is 35.4 Å². The number of nitrogens with zero attached hydrogens (tertiary/aromatic N) is 3. The predicted molar refractivity (Wildman–Crippen MR) is 75.3 cm³/mol. The van der Waals surface area contributed by atoms with E-state index < -0.39 is 30.6 Å². The molecule has 0 aromatic heterocycles. The van der Waals surface area contributed by atoms with Crippen LogP contribution in [0.15, 0.2) is 35.4 Å². The first kappa shape index (κ1) is 15.8. The normalized spacial score (nSPS) is 32.4.